The molecule has 26 heavy (non-hydrogen) atoms. The SMILES string of the molecule is FC(F)c1nnc(-c2ccc(Cn3cnc4cc(Cl)c(Cl)cc43)cc2)o1. The molecule has 2 aromatic carbocycles. The molecule has 2 aromatic heterocycles. The second-order valence-corrected chi connectivity index (χ2v) is 6.38. The third kappa shape index (κ3) is 3.15. The van der Waals surface area contributed by atoms with E-state index in [1.54, 1.807) is 30.6 Å². The highest BCUT2D eigenvalue weighted by Gasteiger charge is 2.17. The van der Waals surface area contributed by atoms with Gasteiger partial charge in [0, 0.05) is 12.1 Å². The summed E-state index contributed by atoms with van der Waals surface area (Å²) in [6.45, 7) is 0.556. The Labute approximate surface area is 156 Å². The van der Waals surface area contributed by atoms with Gasteiger partial charge in [0.1, 0.15) is 0 Å². The molecule has 5 nitrogen and oxygen atoms in total. The van der Waals surface area contributed by atoms with E-state index in [1.807, 2.05) is 16.7 Å². The van der Waals surface area contributed by atoms with Gasteiger partial charge < -0.3 is 8.98 Å². The van der Waals surface area contributed by atoms with Gasteiger partial charge in [-0.05, 0) is 29.8 Å². The van der Waals surface area contributed by atoms with E-state index in [-0.39, 0.29) is 5.89 Å². The lowest BCUT2D eigenvalue weighted by atomic mass is 10.1. The molecule has 0 atom stereocenters. The van der Waals surface area contributed by atoms with Crippen LogP contribution in [0.25, 0.3) is 22.5 Å². The van der Waals surface area contributed by atoms with Crippen molar-refractivity contribution in [2.75, 3.05) is 0 Å². The monoisotopic (exact) mass is 394 g/mol. The van der Waals surface area contributed by atoms with Crippen molar-refractivity contribution in [1.29, 1.82) is 0 Å². The minimum Gasteiger partial charge on any atom is -0.415 e. The van der Waals surface area contributed by atoms with Gasteiger partial charge in [-0.1, -0.05) is 35.3 Å². The third-order valence-corrected chi connectivity index (χ3v) is 4.57. The van der Waals surface area contributed by atoms with Crippen molar-refractivity contribution < 1.29 is 13.2 Å². The molecule has 0 amide bonds. The molecule has 2 heterocycles. The summed E-state index contributed by atoms with van der Waals surface area (Å²) in [6.07, 6.45) is -1.08. The van der Waals surface area contributed by atoms with Gasteiger partial charge in [-0.25, -0.2) is 4.98 Å². The highest BCUT2D eigenvalue weighted by molar-refractivity contribution is 6.42. The van der Waals surface area contributed by atoms with Crippen molar-refractivity contribution in [3.63, 3.8) is 0 Å². The zero-order chi connectivity index (χ0) is 18.3. The Bertz CT molecular complexity index is 1080. The van der Waals surface area contributed by atoms with Crippen LogP contribution in [0.15, 0.2) is 47.1 Å². The number of hydrogen-bond donors (Lipinski definition) is 0. The van der Waals surface area contributed by atoms with Crippen LogP contribution in [0.5, 0.6) is 0 Å². The Morgan fingerprint density at radius 1 is 1.04 bits per heavy atom. The van der Waals surface area contributed by atoms with Crippen LogP contribution in [0.2, 0.25) is 10.0 Å². The summed E-state index contributed by atoms with van der Waals surface area (Å²) in [6, 6.07) is 10.7. The zero-order valence-corrected chi connectivity index (χ0v) is 14.5. The first kappa shape index (κ1) is 16.9. The average Bonchev–Trinajstić information content (AvgIpc) is 3.25. The Kier molecular flexibility index (Phi) is 4.34. The molecule has 0 radical (unpaired) electrons. The number of fused-ring (bicyclic) bond motifs is 1. The minimum absolute atomic E-state index is 0.0568. The van der Waals surface area contributed by atoms with Crippen molar-refractivity contribution in [1.82, 2.24) is 19.7 Å². The fraction of sp³-hybridized carbons (Fsp3) is 0.118. The van der Waals surface area contributed by atoms with Gasteiger partial charge in [-0.2, -0.15) is 8.78 Å². The van der Waals surface area contributed by atoms with Crippen molar-refractivity contribution in [3.05, 3.63) is 64.2 Å². The lowest BCUT2D eigenvalue weighted by Crippen LogP contribution is -1.97. The standard InChI is InChI=1S/C17H10Cl2F2N4O/c18-11-5-13-14(6-12(11)19)25(8-22-13)7-9-1-3-10(4-2-9)16-23-24-17(26-16)15(20)21/h1-6,8,15H,7H2. The summed E-state index contributed by atoms with van der Waals surface area (Å²) in [5, 5.41) is 7.87. The number of benzene rings is 2. The van der Waals surface area contributed by atoms with Crippen LogP contribution < -0.4 is 0 Å². The number of aromatic nitrogens is 4. The predicted molar refractivity (Wildman–Crippen MR) is 93.5 cm³/mol. The average molecular weight is 395 g/mol. The number of nitrogens with zero attached hydrogens (tertiary/aromatic N) is 4. The first-order valence-electron chi connectivity index (χ1n) is 7.52. The summed E-state index contributed by atoms with van der Waals surface area (Å²) in [7, 11) is 0. The summed E-state index contributed by atoms with van der Waals surface area (Å²) in [5.41, 5.74) is 3.16. The van der Waals surface area contributed by atoms with E-state index in [2.05, 4.69) is 15.2 Å². The number of hydrogen-bond acceptors (Lipinski definition) is 4. The molecule has 0 aliphatic rings. The summed E-state index contributed by atoms with van der Waals surface area (Å²) >= 11 is 12.1. The summed E-state index contributed by atoms with van der Waals surface area (Å²) < 4.78 is 31.9. The molecule has 0 bridgehead atoms. The van der Waals surface area contributed by atoms with E-state index in [0.717, 1.165) is 16.6 Å². The smallest absolute Gasteiger partial charge is 0.314 e. The Hall–Kier alpha value is -2.51. The largest absolute Gasteiger partial charge is 0.415 e. The molecule has 0 N–H and O–H groups in total. The van der Waals surface area contributed by atoms with Crippen LogP contribution in [0.4, 0.5) is 8.78 Å². The molecule has 4 aromatic rings. The van der Waals surface area contributed by atoms with Crippen LogP contribution >= 0.6 is 23.2 Å². The number of alkyl halides is 2. The molecule has 0 fully saturated rings. The molecule has 0 aliphatic carbocycles. The maximum absolute atomic E-state index is 12.5. The first-order valence-corrected chi connectivity index (χ1v) is 8.27. The van der Waals surface area contributed by atoms with E-state index in [0.29, 0.717) is 22.2 Å². The number of rotatable bonds is 4. The van der Waals surface area contributed by atoms with Gasteiger partial charge >= 0.3 is 6.43 Å². The topological polar surface area (TPSA) is 56.7 Å². The van der Waals surface area contributed by atoms with Crippen molar-refractivity contribution in [2.45, 2.75) is 13.0 Å². The number of halogens is 4. The third-order valence-electron chi connectivity index (χ3n) is 3.84. The summed E-state index contributed by atoms with van der Waals surface area (Å²) in [5.74, 6) is -0.633. The maximum atomic E-state index is 12.5. The van der Waals surface area contributed by atoms with Gasteiger partial charge in [0.25, 0.3) is 5.89 Å². The maximum Gasteiger partial charge on any atom is 0.314 e. The van der Waals surface area contributed by atoms with Crippen LogP contribution in [-0.4, -0.2) is 19.7 Å². The lowest BCUT2D eigenvalue weighted by Gasteiger charge is -2.06. The van der Waals surface area contributed by atoms with Gasteiger partial charge in [-0.15, -0.1) is 10.2 Å². The Balaban J connectivity index is 1.58. The van der Waals surface area contributed by atoms with Crippen molar-refractivity contribution in [2.24, 2.45) is 0 Å². The highest BCUT2D eigenvalue weighted by Crippen LogP contribution is 2.28. The van der Waals surface area contributed by atoms with Crippen molar-refractivity contribution >= 4 is 34.2 Å². The zero-order valence-electron chi connectivity index (χ0n) is 13.0. The fourth-order valence-electron chi connectivity index (χ4n) is 2.57. The molecular weight excluding hydrogens is 385 g/mol. The van der Waals surface area contributed by atoms with Gasteiger partial charge in [0.15, 0.2) is 0 Å². The van der Waals surface area contributed by atoms with Crippen LogP contribution in [0, 0.1) is 0 Å². The van der Waals surface area contributed by atoms with Gasteiger partial charge in [-0.3, -0.25) is 0 Å². The van der Waals surface area contributed by atoms with E-state index < -0.39 is 12.3 Å². The highest BCUT2D eigenvalue weighted by atomic mass is 35.5. The van der Waals surface area contributed by atoms with E-state index in [4.69, 9.17) is 27.6 Å². The van der Waals surface area contributed by atoms with Gasteiger partial charge in [0.2, 0.25) is 5.89 Å². The van der Waals surface area contributed by atoms with Gasteiger partial charge in [0.05, 0.1) is 27.4 Å². The second-order valence-electron chi connectivity index (χ2n) is 5.57. The van der Waals surface area contributed by atoms with E-state index in [1.165, 1.54) is 0 Å². The molecule has 132 valence electrons. The molecular formula is C17H10Cl2F2N4O. The minimum atomic E-state index is -2.79. The molecule has 9 heteroatoms. The molecule has 0 unspecified atom stereocenters. The molecule has 0 saturated heterocycles. The van der Waals surface area contributed by atoms with E-state index >= 15 is 0 Å². The first-order chi connectivity index (χ1) is 12.5. The predicted octanol–water partition coefficient (Wildman–Crippen LogP) is 5.38. The van der Waals surface area contributed by atoms with Crippen LogP contribution in [-0.2, 0) is 6.54 Å². The molecule has 0 saturated carbocycles. The molecule has 4 rings (SSSR count). The van der Waals surface area contributed by atoms with E-state index in [9.17, 15) is 8.78 Å². The van der Waals surface area contributed by atoms with Crippen LogP contribution in [0.3, 0.4) is 0 Å². The Morgan fingerprint density at radius 2 is 1.77 bits per heavy atom. The van der Waals surface area contributed by atoms with Crippen molar-refractivity contribution in [3.8, 4) is 11.5 Å². The quantitative estimate of drug-likeness (QED) is 0.466. The normalized spacial score (nSPS) is 11.6. The second kappa shape index (κ2) is 6.66. The lowest BCUT2D eigenvalue weighted by molar-refractivity contribution is 0.116. The fourth-order valence-corrected chi connectivity index (χ4v) is 2.88. The Morgan fingerprint density at radius 3 is 2.46 bits per heavy atom. The summed E-state index contributed by atoms with van der Waals surface area (Å²) in [4.78, 5) is 4.32. The molecule has 0 aliphatic heterocycles. The van der Waals surface area contributed by atoms with Crippen LogP contribution in [0.1, 0.15) is 17.9 Å². The number of imidazole rings is 1. The molecule has 0 spiro atoms.